The highest BCUT2D eigenvalue weighted by Crippen LogP contribution is 2.32. The number of benzene rings is 2. The van der Waals surface area contributed by atoms with E-state index in [2.05, 4.69) is 23.1 Å². The standard InChI is InChI=1S/C23H27N3O2S/c1-25(14-17-9-11-19(28-2)12-10-17)22(27)16-26-13-5-6-18(15-26)23-24-20-7-3-4-8-21(20)29-23/h3-4,7-12,18H,5-6,13-16H2,1-2H3/t18-/m1/s1. The van der Waals surface area contributed by atoms with E-state index in [1.54, 1.807) is 18.4 Å². The molecule has 0 bridgehead atoms. The smallest absolute Gasteiger partial charge is 0.236 e. The molecule has 0 saturated carbocycles. The summed E-state index contributed by atoms with van der Waals surface area (Å²) in [5.41, 5.74) is 2.19. The molecule has 152 valence electrons. The molecule has 0 unspecified atom stereocenters. The minimum absolute atomic E-state index is 0.158. The summed E-state index contributed by atoms with van der Waals surface area (Å²) in [6, 6.07) is 16.2. The summed E-state index contributed by atoms with van der Waals surface area (Å²) in [6.45, 7) is 2.96. The van der Waals surface area contributed by atoms with E-state index < -0.39 is 0 Å². The van der Waals surface area contributed by atoms with Crippen molar-refractivity contribution >= 4 is 27.5 Å². The van der Waals surface area contributed by atoms with Crippen molar-refractivity contribution in [2.24, 2.45) is 0 Å². The molecule has 1 fully saturated rings. The molecule has 5 nitrogen and oxygen atoms in total. The predicted octanol–water partition coefficient (Wildman–Crippen LogP) is 4.14. The maximum absolute atomic E-state index is 12.8. The van der Waals surface area contributed by atoms with Gasteiger partial charge in [0.25, 0.3) is 0 Å². The first-order chi connectivity index (χ1) is 14.1. The van der Waals surface area contributed by atoms with Crippen molar-refractivity contribution in [3.8, 4) is 5.75 Å². The fraction of sp³-hybridized carbons (Fsp3) is 0.391. The predicted molar refractivity (Wildman–Crippen MR) is 118 cm³/mol. The maximum atomic E-state index is 12.8. The summed E-state index contributed by atoms with van der Waals surface area (Å²) in [5.74, 6) is 1.41. The Kier molecular flexibility index (Phi) is 6.11. The van der Waals surface area contributed by atoms with E-state index in [0.717, 1.165) is 42.8 Å². The van der Waals surface area contributed by atoms with E-state index in [1.165, 1.54) is 9.71 Å². The van der Waals surface area contributed by atoms with Crippen LogP contribution in [0.25, 0.3) is 10.2 Å². The number of likely N-dealkylation sites (N-methyl/N-ethyl adjacent to an activating group) is 1. The average Bonchev–Trinajstić information content (AvgIpc) is 3.19. The van der Waals surface area contributed by atoms with Crippen LogP contribution in [0.15, 0.2) is 48.5 Å². The Morgan fingerprint density at radius 2 is 2.03 bits per heavy atom. The summed E-state index contributed by atoms with van der Waals surface area (Å²) < 4.78 is 6.44. The molecule has 4 rings (SSSR count). The third-order valence-corrected chi connectivity index (χ3v) is 6.73. The highest BCUT2D eigenvalue weighted by Gasteiger charge is 2.26. The Bertz CT molecular complexity index is 937. The number of methoxy groups -OCH3 is 1. The second-order valence-electron chi connectivity index (χ2n) is 7.69. The van der Waals surface area contributed by atoms with E-state index in [-0.39, 0.29) is 5.91 Å². The van der Waals surface area contributed by atoms with Crippen LogP contribution in [0.2, 0.25) is 0 Å². The molecule has 2 aromatic carbocycles. The van der Waals surface area contributed by atoms with Gasteiger partial charge in [0, 0.05) is 26.1 Å². The van der Waals surface area contributed by atoms with Crippen LogP contribution >= 0.6 is 11.3 Å². The zero-order valence-corrected chi connectivity index (χ0v) is 17.8. The molecular weight excluding hydrogens is 382 g/mol. The lowest BCUT2D eigenvalue weighted by molar-refractivity contribution is -0.131. The number of aromatic nitrogens is 1. The summed E-state index contributed by atoms with van der Waals surface area (Å²) in [6.07, 6.45) is 2.25. The lowest BCUT2D eigenvalue weighted by Crippen LogP contribution is -2.42. The van der Waals surface area contributed by atoms with Gasteiger partial charge in [-0.3, -0.25) is 9.69 Å². The highest BCUT2D eigenvalue weighted by atomic mass is 32.1. The number of carbonyl (C=O) groups is 1. The number of hydrogen-bond donors (Lipinski definition) is 0. The average molecular weight is 410 g/mol. The van der Waals surface area contributed by atoms with Crippen LogP contribution in [0.4, 0.5) is 0 Å². The van der Waals surface area contributed by atoms with Gasteiger partial charge in [-0.25, -0.2) is 4.98 Å². The number of amides is 1. The van der Waals surface area contributed by atoms with E-state index in [4.69, 9.17) is 9.72 Å². The van der Waals surface area contributed by atoms with E-state index in [1.807, 2.05) is 42.3 Å². The molecule has 1 amide bonds. The normalized spacial score (nSPS) is 17.4. The van der Waals surface area contributed by atoms with Crippen molar-refractivity contribution in [1.82, 2.24) is 14.8 Å². The van der Waals surface area contributed by atoms with Gasteiger partial charge in [0.1, 0.15) is 5.75 Å². The molecule has 1 aromatic heterocycles. The Morgan fingerprint density at radius 1 is 1.24 bits per heavy atom. The van der Waals surface area contributed by atoms with Crippen molar-refractivity contribution in [3.63, 3.8) is 0 Å². The second-order valence-corrected chi connectivity index (χ2v) is 8.75. The Morgan fingerprint density at radius 3 is 2.79 bits per heavy atom. The number of hydrogen-bond acceptors (Lipinski definition) is 5. The third-order valence-electron chi connectivity index (χ3n) is 5.53. The fourth-order valence-electron chi connectivity index (χ4n) is 3.87. The molecule has 0 N–H and O–H groups in total. The van der Waals surface area contributed by atoms with Gasteiger partial charge in [-0.1, -0.05) is 24.3 Å². The quantitative estimate of drug-likeness (QED) is 0.614. The summed E-state index contributed by atoms with van der Waals surface area (Å²) in [7, 11) is 3.53. The number of rotatable bonds is 6. The number of piperidine rings is 1. The van der Waals surface area contributed by atoms with E-state index in [9.17, 15) is 4.79 Å². The second kappa shape index (κ2) is 8.93. The van der Waals surface area contributed by atoms with Gasteiger partial charge in [-0.15, -0.1) is 11.3 Å². The molecular formula is C23H27N3O2S. The van der Waals surface area contributed by atoms with Crippen LogP contribution in [-0.4, -0.2) is 54.5 Å². The zero-order valence-electron chi connectivity index (χ0n) is 17.0. The Balaban J connectivity index is 1.34. The number of carbonyl (C=O) groups excluding carboxylic acids is 1. The van der Waals surface area contributed by atoms with Crippen LogP contribution in [0.3, 0.4) is 0 Å². The first-order valence-corrected chi connectivity index (χ1v) is 10.9. The molecule has 1 aliphatic rings. The van der Waals surface area contributed by atoms with E-state index in [0.29, 0.717) is 19.0 Å². The van der Waals surface area contributed by atoms with Gasteiger partial charge in [-0.05, 0) is 49.2 Å². The number of nitrogens with zero attached hydrogens (tertiary/aromatic N) is 3. The molecule has 1 saturated heterocycles. The third kappa shape index (κ3) is 4.77. The van der Waals surface area contributed by atoms with Gasteiger partial charge in [0.2, 0.25) is 5.91 Å². The highest BCUT2D eigenvalue weighted by molar-refractivity contribution is 7.18. The van der Waals surface area contributed by atoms with Gasteiger partial charge in [0.15, 0.2) is 0 Å². The van der Waals surface area contributed by atoms with Gasteiger partial charge in [0.05, 0.1) is 28.9 Å². The Hall–Kier alpha value is -2.44. The summed E-state index contributed by atoms with van der Waals surface area (Å²) in [4.78, 5) is 21.7. The van der Waals surface area contributed by atoms with Crippen LogP contribution < -0.4 is 4.74 Å². The molecule has 1 aliphatic heterocycles. The lowest BCUT2D eigenvalue weighted by atomic mass is 9.98. The van der Waals surface area contributed by atoms with Crippen LogP contribution in [-0.2, 0) is 11.3 Å². The van der Waals surface area contributed by atoms with Gasteiger partial charge >= 0.3 is 0 Å². The first-order valence-electron chi connectivity index (χ1n) is 10.1. The topological polar surface area (TPSA) is 45.7 Å². The van der Waals surface area contributed by atoms with Crippen LogP contribution in [0.1, 0.15) is 29.3 Å². The molecule has 0 spiro atoms. The van der Waals surface area contributed by atoms with Crippen molar-refractivity contribution in [2.75, 3.05) is 33.8 Å². The van der Waals surface area contributed by atoms with E-state index >= 15 is 0 Å². The first kappa shape index (κ1) is 19.9. The molecule has 0 aliphatic carbocycles. The van der Waals surface area contributed by atoms with Crippen molar-refractivity contribution < 1.29 is 9.53 Å². The minimum atomic E-state index is 0.158. The Labute approximate surface area is 175 Å². The van der Waals surface area contributed by atoms with Crippen molar-refractivity contribution in [2.45, 2.75) is 25.3 Å². The lowest BCUT2D eigenvalue weighted by Gasteiger charge is -2.32. The molecule has 0 radical (unpaired) electrons. The number of thiazole rings is 1. The van der Waals surface area contributed by atoms with Crippen molar-refractivity contribution in [1.29, 1.82) is 0 Å². The van der Waals surface area contributed by atoms with Gasteiger partial charge < -0.3 is 9.64 Å². The molecule has 6 heteroatoms. The SMILES string of the molecule is COc1ccc(CN(C)C(=O)CN2CCC[C@@H](c3nc4ccccc4s3)C2)cc1. The monoisotopic (exact) mass is 409 g/mol. The number of para-hydroxylation sites is 1. The van der Waals surface area contributed by atoms with Crippen molar-refractivity contribution in [3.05, 3.63) is 59.1 Å². The molecule has 3 aromatic rings. The largest absolute Gasteiger partial charge is 0.497 e. The molecule has 1 atom stereocenters. The fourth-order valence-corrected chi connectivity index (χ4v) is 4.96. The minimum Gasteiger partial charge on any atom is -0.497 e. The zero-order chi connectivity index (χ0) is 20.2. The van der Waals surface area contributed by atoms with Crippen LogP contribution in [0, 0.1) is 0 Å². The van der Waals surface area contributed by atoms with Crippen LogP contribution in [0.5, 0.6) is 5.75 Å². The summed E-state index contributed by atoms with van der Waals surface area (Å²) >= 11 is 1.79. The summed E-state index contributed by atoms with van der Waals surface area (Å²) in [5, 5.41) is 1.20. The van der Waals surface area contributed by atoms with Gasteiger partial charge in [-0.2, -0.15) is 0 Å². The molecule has 2 heterocycles. The number of fused-ring (bicyclic) bond motifs is 1. The number of ether oxygens (including phenoxy) is 1. The maximum Gasteiger partial charge on any atom is 0.236 e. The number of likely N-dealkylation sites (tertiary alicyclic amines) is 1. The molecule has 29 heavy (non-hydrogen) atoms.